The van der Waals surface area contributed by atoms with Crippen molar-refractivity contribution < 1.29 is 24.8 Å². The van der Waals surface area contributed by atoms with Gasteiger partial charge in [0.2, 0.25) is 0 Å². The van der Waals surface area contributed by atoms with Crippen molar-refractivity contribution in [3.8, 4) is 0 Å². The molecule has 1 unspecified atom stereocenters. The molecule has 10 heteroatoms. The Hall–Kier alpha value is -1.85. The van der Waals surface area contributed by atoms with Crippen LogP contribution in [0, 0.1) is 0 Å². The number of aromatic nitrogens is 4. The summed E-state index contributed by atoms with van der Waals surface area (Å²) in [7, 11) is 1.94. The summed E-state index contributed by atoms with van der Waals surface area (Å²) in [5.74, 6) is 0.672. The van der Waals surface area contributed by atoms with E-state index in [9.17, 15) is 15.3 Å². The van der Waals surface area contributed by atoms with Crippen molar-refractivity contribution in [1.29, 1.82) is 0 Å². The van der Waals surface area contributed by atoms with E-state index in [2.05, 4.69) is 15.0 Å². The standard InChI is InChI=1S/C15H21N5O5/c1-19(8-2-3-24-5-8)13-10-14(17-6-16-13)20(7-18-10)15-12(23)11(22)9(4-21)25-15/h6-9,11-12,15,21-23H,2-5H2,1H3/t8?,9-,11-,12-,15-/m1/s1. The van der Waals surface area contributed by atoms with Gasteiger partial charge in [0, 0.05) is 13.7 Å². The van der Waals surface area contributed by atoms with Crippen molar-refractivity contribution in [1.82, 2.24) is 19.5 Å². The van der Waals surface area contributed by atoms with E-state index in [0.29, 0.717) is 23.6 Å². The molecule has 0 aliphatic carbocycles. The normalized spacial score (nSPS) is 32.6. The second kappa shape index (κ2) is 6.46. The van der Waals surface area contributed by atoms with Crippen LogP contribution in [0.15, 0.2) is 12.7 Å². The molecule has 2 aromatic rings. The first-order valence-corrected chi connectivity index (χ1v) is 8.22. The zero-order valence-corrected chi connectivity index (χ0v) is 13.8. The van der Waals surface area contributed by atoms with Crippen LogP contribution in [0.2, 0.25) is 0 Å². The zero-order chi connectivity index (χ0) is 17.6. The molecule has 136 valence electrons. The van der Waals surface area contributed by atoms with Crippen molar-refractivity contribution in [3.63, 3.8) is 0 Å². The molecular weight excluding hydrogens is 330 g/mol. The summed E-state index contributed by atoms with van der Waals surface area (Å²) in [4.78, 5) is 15.0. The maximum atomic E-state index is 10.2. The van der Waals surface area contributed by atoms with E-state index in [4.69, 9.17) is 9.47 Å². The number of hydrogen-bond acceptors (Lipinski definition) is 9. The van der Waals surface area contributed by atoms with Crippen LogP contribution in [0.4, 0.5) is 5.82 Å². The van der Waals surface area contributed by atoms with E-state index < -0.39 is 24.5 Å². The maximum Gasteiger partial charge on any atom is 0.167 e. The average molecular weight is 351 g/mol. The van der Waals surface area contributed by atoms with Crippen molar-refractivity contribution >= 4 is 17.0 Å². The fourth-order valence-corrected chi connectivity index (χ4v) is 3.39. The molecule has 5 atom stereocenters. The van der Waals surface area contributed by atoms with Gasteiger partial charge in [-0.05, 0) is 6.42 Å². The molecule has 2 aliphatic heterocycles. The van der Waals surface area contributed by atoms with Gasteiger partial charge in [-0.2, -0.15) is 0 Å². The number of rotatable bonds is 4. The summed E-state index contributed by atoms with van der Waals surface area (Å²) in [6.45, 7) is 0.976. The van der Waals surface area contributed by atoms with Crippen LogP contribution < -0.4 is 4.90 Å². The molecule has 0 bridgehead atoms. The maximum absolute atomic E-state index is 10.2. The van der Waals surface area contributed by atoms with Crippen LogP contribution in [-0.4, -0.2) is 86.1 Å². The molecule has 0 radical (unpaired) electrons. The number of ether oxygens (including phenoxy) is 2. The Bertz CT molecular complexity index is 749. The smallest absolute Gasteiger partial charge is 0.167 e. The van der Waals surface area contributed by atoms with Gasteiger partial charge in [0.05, 0.1) is 25.6 Å². The topological polar surface area (TPSA) is 126 Å². The van der Waals surface area contributed by atoms with Gasteiger partial charge in [-0.3, -0.25) is 4.57 Å². The van der Waals surface area contributed by atoms with E-state index in [1.54, 1.807) is 4.57 Å². The van der Waals surface area contributed by atoms with Crippen molar-refractivity contribution in [2.75, 3.05) is 31.8 Å². The summed E-state index contributed by atoms with van der Waals surface area (Å²) in [5, 5.41) is 29.5. The van der Waals surface area contributed by atoms with Gasteiger partial charge in [-0.1, -0.05) is 0 Å². The number of nitrogens with zero attached hydrogens (tertiary/aromatic N) is 5. The summed E-state index contributed by atoms with van der Waals surface area (Å²) in [6, 6.07) is 0.220. The first kappa shape index (κ1) is 16.6. The molecule has 10 nitrogen and oxygen atoms in total. The fourth-order valence-electron chi connectivity index (χ4n) is 3.39. The SMILES string of the molecule is CN(c1ncnc2c1ncn2[C@@H]1O[C@H](CO)[C@@H](O)[C@H]1O)C1CCOC1. The Labute approximate surface area is 143 Å². The van der Waals surface area contributed by atoms with Gasteiger partial charge in [0.15, 0.2) is 23.2 Å². The van der Waals surface area contributed by atoms with Crippen molar-refractivity contribution in [3.05, 3.63) is 12.7 Å². The molecule has 0 saturated carbocycles. The summed E-state index contributed by atoms with van der Waals surface area (Å²) >= 11 is 0. The molecule has 2 aliphatic rings. The van der Waals surface area contributed by atoms with E-state index >= 15 is 0 Å². The molecule has 0 spiro atoms. The lowest BCUT2D eigenvalue weighted by molar-refractivity contribution is -0.0511. The molecular formula is C15H21N5O5. The molecule has 0 amide bonds. The minimum Gasteiger partial charge on any atom is -0.394 e. The van der Waals surface area contributed by atoms with Crippen molar-refractivity contribution in [2.45, 2.75) is 37.0 Å². The van der Waals surface area contributed by atoms with E-state index in [1.165, 1.54) is 12.7 Å². The second-order valence-electron chi connectivity index (χ2n) is 6.38. The Morgan fingerprint density at radius 3 is 2.80 bits per heavy atom. The highest BCUT2D eigenvalue weighted by molar-refractivity contribution is 5.83. The molecule has 3 N–H and O–H groups in total. The van der Waals surface area contributed by atoms with Crippen LogP contribution in [0.1, 0.15) is 12.6 Å². The van der Waals surface area contributed by atoms with Crippen molar-refractivity contribution in [2.24, 2.45) is 0 Å². The average Bonchev–Trinajstić information content (AvgIpc) is 3.35. The van der Waals surface area contributed by atoms with Gasteiger partial charge in [-0.25, -0.2) is 15.0 Å². The van der Waals surface area contributed by atoms with Gasteiger partial charge < -0.3 is 29.7 Å². The Balaban J connectivity index is 1.70. The number of likely N-dealkylation sites (N-methyl/N-ethyl adjacent to an activating group) is 1. The zero-order valence-electron chi connectivity index (χ0n) is 13.8. The highest BCUT2D eigenvalue weighted by Gasteiger charge is 2.44. The third-order valence-corrected chi connectivity index (χ3v) is 4.92. The Kier molecular flexibility index (Phi) is 4.29. The lowest BCUT2D eigenvalue weighted by Crippen LogP contribution is -2.33. The van der Waals surface area contributed by atoms with E-state index in [1.807, 2.05) is 11.9 Å². The molecule has 4 rings (SSSR count). The third-order valence-electron chi connectivity index (χ3n) is 4.92. The minimum absolute atomic E-state index is 0.220. The summed E-state index contributed by atoms with van der Waals surface area (Å²) in [5.41, 5.74) is 1.07. The lowest BCUT2D eigenvalue weighted by Gasteiger charge is -2.24. The molecule has 25 heavy (non-hydrogen) atoms. The predicted molar refractivity (Wildman–Crippen MR) is 86.0 cm³/mol. The molecule has 4 heterocycles. The molecule has 0 aromatic carbocycles. The number of anilines is 1. The van der Waals surface area contributed by atoms with Crippen LogP contribution in [0.5, 0.6) is 0 Å². The van der Waals surface area contributed by atoms with Crippen LogP contribution in [0.25, 0.3) is 11.2 Å². The van der Waals surface area contributed by atoms with Crippen LogP contribution in [-0.2, 0) is 9.47 Å². The van der Waals surface area contributed by atoms with Crippen LogP contribution >= 0.6 is 0 Å². The molecule has 2 fully saturated rings. The molecule has 2 saturated heterocycles. The number of imidazole rings is 1. The number of fused-ring (bicyclic) bond motifs is 1. The lowest BCUT2D eigenvalue weighted by atomic mass is 10.1. The van der Waals surface area contributed by atoms with Crippen LogP contribution in [0.3, 0.4) is 0 Å². The van der Waals surface area contributed by atoms with E-state index in [-0.39, 0.29) is 12.6 Å². The predicted octanol–water partition coefficient (Wildman–Crippen LogP) is -1.34. The summed E-state index contributed by atoms with van der Waals surface area (Å²) < 4.78 is 12.6. The van der Waals surface area contributed by atoms with Gasteiger partial charge >= 0.3 is 0 Å². The second-order valence-corrected chi connectivity index (χ2v) is 6.38. The first-order valence-electron chi connectivity index (χ1n) is 8.22. The Morgan fingerprint density at radius 2 is 2.12 bits per heavy atom. The Morgan fingerprint density at radius 1 is 1.28 bits per heavy atom. The summed E-state index contributed by atoms with van der Waals surface area (Å²) in [6.07, 6.45) is -0.235. The number of hydrogen-bond donors (Lipinski definition) is 3. The quantitative estimate of drug-likeness (QED) is 0.613. The van der Waals surface area contributed by atoms with Gasteiger partial charge in [-0.15, -0.1) is 0 Å². The first-order chi connectivity index (χ1) is 12.1. The number of aliphatic hydroxyl groups excluding tert-OH is 3. The third kappa shape index (κ3) is 2.66. The largest absolute Gasteiger partial charge is 0.394 e. The van der Waals surface area contributed by atoms with E-state index in [0.717, 1.165) is 13.0 Å². The highest BCUT2D eigenvalue weighted by Crippen LogP contribution is 2.33. The fraction of sp³-hybridized carbons (Fsp3) is 0.667. The monoisotopic (exact) mass is 351 g/mol. The van der Waals surface area contributed by atoms with Gasteiger partial charge in [0.1, 0.15) is 24.6 Å². The minimum atomic E-state index is -1.19. The molecule has 2 aromatic heterocycles. The van der Waals surface area contributed by atoms with Gasteiger partial charge in [0.25, 0.3) is 0 Å². The number of aliphatic hydroxyl groups is 3. The highest BCUT2D eigenvalue weighted by atomic mass is 16.6.